The van der Waals surface area contributed by atoms with Crippen LogP contribution in [0.25, 0.3) is 0 Å². The number of halogens is 1. The first-order chi connectivity index (χ1) is 7.24. The maximum Gasteiger partial charge on any atom is 0.316 e. The van der Waals surface area contributed by atoms with Crippen molar-refractivity contribution in [3.63, 3.8) is 0 Å². The topological polar surface area (TPSA) is 50.1 Å². The van der Waals surface area contributed by atoms with Gasteiger partial charge in [0.05, 0.1) is 6.07 Å². The molecule has 0 saturated carbocycles. The highest BCUT2D eigenvalue weighted by Gasteiger charge is 1.98. The molecule has 0 heterocycles. The quantitative estimate of drug-likeness (QED) is 0.626. The number of rotatable bonds is 3. The molecule has 0 aromatic heterocycles. The maximum absolute atomic E-state index is 10.7. The number of hydrogen-bond donors (Lipinski definition) is 0. The third-order valence-electron chi connectivity index (χ3n) is 1.35. The SMILES string of the molecule is CC#N.O=C(CBr)OCc1ccccc1. The number of alkyl halides is 1. The zero-order valence-corrected chi connectivity index (χ0v) is 10.0. The largest absolute Gasteiger partial charge is 0.460 e. The van der Waals surface area contributed by atoms with Crippen molar-refractivity contribution in [2.75, 3.05) is 5.33 Å². The standard InChI is InChI=1S/C9H9BrO2.C2H3N/c10-6-9(11)12-7-8-4-2-1-3-5-8;1-2-3/h1-5H,6-7H2;1H3. The fourth-order valence-electron chi connectivity index (χ4n) is 0.777. The molecular formula is C11H12BrNO2. The van der Waals surface area contributed by atoms with Crippen LogP contribution >= 0.6 is 15.9 Å². The molecule has 0 unspecified atom stereocenters. The van der Waals surface area contributed by atoms with Crippen LogP contribution in [0.15, 0.2) is 30.3 Å². The van der Waals surface area contributed by atoms with Gasteiger partial charge in [-0.2, -0.15) is 5.26 Å². The lowest BCUT2D eigenvalue weighted by molar-refractivity contribution is -0.141. The van der Waals surface area contributed by atoms with Gasteiger partial charge in [0, 0.05) is 6.92 Å². The summed E-state index contributed by atoms with van der Waals surface area (Å²) in [5.41, 5.74) is 1.01. The van der Waals surface area contributed by atoms with E-state index in [1.165, 1.54) is 6.92 Å². The third-order valence-corrected chi connectivity index (χ3v) is 1.81. The molecule has 1 aromatic rings. The lowest BCUT2D eigenvalue weighted by Crippen LogP contribution is -2.04. The Bertz CT molecular complexity index is 319. The molecule has 0 aliphatic heterocycles. The molecule has 0 saturated heterocycles. The number of benzene rings is 1. The van der Waals surface area contributed by atoms with Gasteiger partial charge in [-0.05, 0) is 5.56 Å². The van der Waals surface area contributed by atoms with E-state index in [-0.39, 0.29) is 11.3 Å². The molecule has 0 amide bonds. The van der Waals surface area contributed by atoms with Gasteiger partial charge in [-0.1, -0.05) is 46.3 Å². The second-order valence-corrected chi connectivity index (χ2v) is 3.06. The molecule has 0 spiro atoms. The minimum Gasteiger partial charge on any atom is -0.460 e. The van der Waals surface area contributed by atoms with E-state index < -0.39 is 0 Å². The zero-order chi connectivity index (χ0) is 11.5. The van der Waals surface area contributed by atoms with E-state index in [0.717, 1.165) is 5.56 Å². The molecule has 0 atom stereocenters. The molecule has 4 heteroatoms. The zero-order valence-electron chi connectivity index (χ0n) is 8.44. The summed E-state index contributed by atoms with van der Waals surface area (Å²) in [6, 6.07) is 11.3. The second-order valence-electron chi connectivity index (χ2n) is 2.50. The molecule has 0 radical (unpaired) electrons. The van der Waals surface area contributed by atoms with Crippen molar-refractivity contribution in [3.05, 3.63) is 35.9 Å². The average molecular weight is 270 g/mol. The van der Waals surface area contributed by atoms with Gasteiger partial charge in [0.15, 0.2) is 0 Å². The van der Waals surface area contributed by atoms with E-state index in [1.54, 1.807) is 6.07 Å². The van der Waals surface area contributed by atoms with Crippen LogP contribution in [0.3, 0.4) is 0 Å². The molecule has 1 rings (SSSR count). The van der Waals surface area contributed by atoms with Crippen LogP contribution in [0.5, 0.6) is 0 Å². The van der Waals surface area contributed by atoms with Crippen molar-refractivity contribution < 1.29 is 9.53 Å². The molecular weight excluding hydrogens is 258 g/mol. The summed E-state index contributed by atoms with van der Waals surface area (Å²) in [5, 5.41) is 7.57. The summed E-state index contributed by atoms with van der Waals surface area (Å²) in [4.78, 5) is 10.7. The Labute approximate surface area is 97.8 Å². The fourth-order valence-corrected chi connectivity index (χ4v) is 0.939. The number of hydrogen-bond acceptors (Lipinski definition) is 3. The van der Waals surface area contributed by atoms with Crippen LogP contribution in [-0.4, -0.2) is 11.3 Å². The number of nitrogens with zero attached hydrogens (tertiary/aromatic N) is 1. The Hall–Kier alpha value is -1.34. The molecule has 0 aliphatic carbocycles. The van der Waals surface area contributed by atoms with E-state index in [0.29, 0.717) is 6.61 Å². The van der Waals surface area contributed by atoms with Crippen LogP contribution < -0.4 is 0 Å². The van der Waals surface area contributed by atoms with Crippen molar-refractivity contribution in [2.24, 2.45) is 0 Å². The van der Waals surface area contributed by atoms with Gasteiger partial charge < -0.3 is 4.74 Å². The summed E-state index contributed by atoms with van der Waals surface area (Å²) in [7, 11) is 0. The van der Waals surface area contributed by atoms with Crippen LogP contribution in [0.2, 0.25) is 0 Å². The first kappa shape index (κ1) is 13.7. The summed E-state index contributed by atoms with van der Waals surface area (Å²) in [6.45, 7) is 1.78. The van der Waals surface area contributed by atoms with Crippen molar-refractivity contribution >= 4 is 21.9 Å². The minimum absolute atomic E-state index is 0.237. The van der Waals surface area contributed by atoms with Crippen molar-refractivity contribution in [1.82, 2.24) is 0 Å². The molecule has 1 aromatic carbocycles. The summed E-state index contributed by atoms with van der Waals surface area (Å²) >= 11 is 3.01. The highest BCUT2D eigenvalue weighted by atomic mass is 79.9. The predicted molar refractivity (Wildman–Crippen MR) is 61.3 cm³/mol. The van der Waals surface area contributed by atoms with Crippen LogP contribution in [0.1, 0.15) is 12.5 Å². The molecule has 0 fully saturated rings. The predicted octanol–water partition coefficient (Wildman–Crippen LogP) is 2.65. The van der Waals surface area contributed by atoms with Gasteiger partial charge in [-0.15, -0.1) is 0 Å². The van der Waals surface area contributed by atoms with E-state index in [4.69, 9.17) is 10.00 Å². The van der Waals surface area contributed by atoms with Gasteiger partial charge in [0.1, 0.15) is 11.9 Å². The fraction of sp³-hybridized carbons (Fsp3) is 0.273. The van der Waals surface area contributed by atoms with E-state index in [1.807, 2.05) is 30.3 Å². The lowest BCUT2D eigenvalue weighted by Gasteiger charge is -2.01. The molecule has 0 bridgehead atoms. The summed E-state index contributed by atoms with van der Waals surface area (Å²) in [5.74, 6) is -0.237. The van der Waals surface area contributed by atoms with E-state index in [2.05, 4.69) is 15.9 Å². The second kappa shape index (κ2) is 9.22. The summed E-state index contributed by atoms with van der Waals surface area (Å²) in [6.07, 6.45) is 0. The van der Waals surface area contributed by atoms with E-state index >= 15 is 0 Å². The van der Waals surface area contributed by atoms with Crippen molar-refractivity contribution in [1.29, 1.82) is 5.26 Å². The van der Waals surface area contributed by atoms with Crippen molar-refractivity contribution in [3.8, 4) is 6.07 Å². The van der Waals surface area contributed by atoms with Crippen LogP contribution in [0.4, 0.5) is 0 Å². The van der Waals surface area contributed by atoms with Gasteiger partial charge in [0.2, 0.25) is 0 Å². The normalized spacial score (nSPS) is 8.07. The van der Waals surface area contributed by atoms with Crippen LogP contribution in [-0.2, 0) is 16.1 Å². The first-order valence-electron chi connectivity index (χ1n) is 4.31. The van der Waals surface area contributed by atoms with E-state index in [9.17, 15) is 4.79 Å². The molecule has 0 aliphatic rings. The average Bonchev–Trinajstić information content (AvgIpc) is 2.28. The molecule has 3 nitrogen and oxygen atoms in total. The molecule has 80 valence electrons. The van der Waals surface area contributed by atoms with Crippen molar-refractivity contribution in [2.45, 2.75) is 13.5 Å². The third kappa shape index (κ3) is 7.71. The Balaban J connectivity index is 0.000000583. The smallest absolute Gasteiger partial charge is 0.316 e. The Morgan fingerprint density at radius 3 is 2.47 bits per heavy atom. The summed E-state index contributed by atoms with van der Waals surface area (Å²) < 4.78 is 4.89. The van der Waals surface area contributed by atoms with Crippen LogP contribution in [0, 0.1) is 11.3 Å². The Morgan fingerprint density at radius 1 is 1.47 bits per heavy atom. The number of ether oxygens (including phenoxy) is 1. The number of esters is 1. The Kier molecular flexibility index (Phi) is 8.40. The van der Waals surface area contributed by atoms with Gasteiger partial charge in [0.25, 0.3) is 0 Å². The highest BCUT2D eigenvalue weighted by Crippen LogP contribution is 2.00. The number of carbonyl (C=O) groups is 1. The first-order valence-corrected chi connectivity index (χ1v) is 5.43. The Morgan fingerprint density at radius 2 is 2.00 bits per heavy atom. The molecule has 0 N–H and O–H groups in total. The lowest BCUT2D eigenvalue weighted by atomic mass is 10.2. The van der Waals surface area contributed by atoms with Gasteiger partial charge in [-0.25, -0.2) is 0 Å². The monoisotopic (exact) mass is 269 g/mol. The van der Waals surface area contributed by atoms with Gasteiger partial charge in [-0.3, -0.25) is 4.79 Å². The molecule has 15 heavy (non-hydrogen) atoms. The van der Waals surface area contributed by atoms with Gasteiger partial charge >= 0.3 is 5.97 Å². The number of carbonyl (C=O) groups excluding carboxylic acids is 1. The minimum atomic E-state index is -0.237. The highest BCUT2D eigenvalue weighted by molar-refractivity contribution is 9.09. The number of nitriles is 1. The maximum atomic E-state index is 10.7.